The van der Waals surface area contributed by atoms with Crippen molar-refractivity contribution in [2.45, 2.75) is 6.42 Å². The van der Waals surface area contributed by atoms with E-state index in [2.05, 4.69) is 32.1 Å². The van der Waals surface area contributed by atoms with Gasteiger partial charge in [-0.25, -0.2) is 9.97 Å². The molecule has 1 aliphatic rings. The predicted molar refractivity (Wildman–Crippen MR) is 87.0 cm³/mol. The van der Waals surface area contributed by atoms with Crippen molar-refractivity contribution >= 4 is 22.8 Å². The summed E-state index contributed by atoms with van der Waals surface area (Å²) in [5.41, 5.74) is 1.68. The number of para-hydroxylation sites is 1. The molecule has 0 saturated carbocycles. The molecule has 0 spiro atoms. The van der Waals surface area contributed by atoms with Crippen molar-refractivity contribution in [1.82, 2.24) is 20.2 Å². The van der Waals surface area contributed by atoms with Crippen LogP contribution in [0.25, 0.3) is 10.9 Å². The van der Waals surface area contributed by atoms with Gasteiger partial charge in [-0.3, -0.25) is 4.79 Å². The molecule has 1 aromatic heterocycles. The number of nitrogens with zero attached hydrogens (tertiary/aromatic N) is 4. The van der Waals surface area contributed by atoms with Gasteiger partial charge in [0, 0.05) is 38.6 Å². The van der Waals surface area contributed by atoms with Gasteiger partial charge in [-0.05, 0) is 13.1 Å². The van der Waals surface area contributed by atoms with Crippen molar-refractivity contribution in [3.63, 3.8) is 0 Å². The molecule has 22 heavy (non-hydrogen) atoms. The molecule has 0 radical (unpaired) electrons. The number of hydrogen-bond donors (Lipinski definition) is 1. The molecule has 1 fully saturated rings. The lowest BCUT2D eigenvalue weighted by molar-refractivity contribution is -0.119. The van der Waals surface area contributed by atoms with Crippen molar-refractivity contribution in [2.75, 3.05) is 45.2 Å². The maximum atomic E-state index is 11.8. The van der Waals surface area contributed by atoms with Crippen LogP contribution in [0.1, 0.15) is 5.69 Å². The molecule has 6 heteroatoms. The highest BCUT2D eigenvalue weighted by atomic mass is 16.1. The van der Waals surface area contributed by atoms with Gasteiger partial charge >= 0.3 is 0 Å². The third-order valence-electron chi connectivity index (χ3n) is 4.06. The molecule has 2 heterocycles. The van der Waals surface area contributed by atoms with E-state index in [1.54, 1.807) is 7.05 Å². The van der Waals surface area contributed by atoms with E-state index in [-0.39, 0.29) is 12.3 Å². The first kappa shape index (κ1) is 14.7. The van der Waals surface area contributed by atoms with E-state index < -0.39 is 0 Å². The summed E-state index contributed by atoms with van der Waals surface area (Å²) < 4.78 is 0. The average Bonchev–Trinajstić information content (AvgIpc) is 2.55. The third-order valence-corrected chi connectivity index (χ3v) is 4.06. The number of amides is 1. The van der Waals surface area contributed by atoms with Crippen LogP contribution in [0.3, 0.4) is 0 Å². The number of benzene rings is 1. The summed E-state index contributed by atoms with van der Waals surface area (Å²) in [6.07, 6.45) is 0.278. The first-order chi connectivity index (χ1) is 10.7. The second-order valence-corrected chi connectivity index (χ2v) is 5.63. The molecule has 1 N–H and O–H groups in total. The van der Waals surface area contributed by atoms with Crippen LogP contribution in [0.15, 0.2) is 24.3 Å². The zero-order chi connectivity index (χ0) is 15.5. The number of anilines is 1. The van der Waals surface area contributed by atoms with Gasteiger partial charge in [0.25, 0.3) is 0 Å². The zero-order valence-corrected chi connectivity index (χ0v) is 13.0. The van der Waals surface area contributed by atoms with Crippen LogP contribution in [0.5, 0.6) is 0 Å². The fourth-order valence-corrected chi connectivity index (χ4v) is 2.65. The maximum absolute atomic E-state index is 11.8. The lowest BCUT2D eigenvalue weighted by Crippen LogP contribution is -2.45. The number of piperazine rings is 1. The lowest BCUT2D eigenvalue weighted by Gasteiger charge is -2.32. The van der Waals surface area contributed by atoms with E-state index >= 15 is 0 Å². The summed E-state index contributed by atoms with van der Waals surface area (Å²) in [5, 5.41) is 3.61. The maximum Gasteiger partial charge on any atom is 0.226 e. The fraction of sp³-hybridized carbons (Fsp3) is 0.438. The first-order valence-electron chi connectivity index (χ1n) is 7.57. The molecular weight excluding hydrogens is 278 g/mol. The predicted octanol–water partition coefficient (Wildman–Crippen LogP) is 0.670. The Bertz CT molecular complexity index is 679. The number of carbonyl (C=O) groups is 1. The quantitative estimate of drug-likeness (QED) is 0.902. The number of nitrogens with one attached hydrogen (secondary N) is 1. The molecular formula is C16H21N5O. The zero-order valence-electron chi connectivity index (χ0n) is 13.0. The highest BCUT2D eigenvalue weighted by molar-refractivity contribution is 5.87. The molecule has 1 saturated heterocycles. The highest BCUT2D eigenvalue weighted by Crippen LogP contribution is 2.20. The van der Waals surface area contributed by atoms with Crippen molar-refractivity contribution in [2.24, 2.45) is 0 Å². The Balaban J connectivity index is 1.98. The van der Waals surface area contributed by atoms with Crippen molar-refractivity contribution in [1.29, 1.82) is 0 Å². The van der Waals surface area contributed by atoms with Gasteiger partial charge in [0.05, 0.1) is 17.6 Å². The molecule has 1 aliphatic heterocycles. The van der Waals surface area contributed by atoms with Crippen LogP contribution in [-0.4, -0.2) is 61.0 Å². The van der Waals surface area contributed by atoms with Gasteiger partial charge in [-0.15, -0.1) is 0 Å². The van der Waals surface area contributed by atoms with Gasteiger partial charge in [-0.1, -0.05) is 18.2 Å². The second kappa shape index (κ2) is 6.27. The van der Waals surface area contributed by atoms with E-state index in [4.69, 9.17) is 0 Å². The molecule has 0 bridgehead atoms. The van der Waals surface area contributed by atoms with E-state index in [1.807, 2.05) is 24.3 Å². The normalized spacial score (nSPS) is 16.0. The molecule has 0 unspecified atom stereocenters. The molecule has 3 rings (SSSR count). The number of fused-ring (bicyclic) bond motifs is 1. The summed E-state index contributed by atoms with van der Waals surface area (Å²) in [5.74, 6) is 0.693. The molecule has 0 atom stereocenters. The Labute approximate surface area is 130 Å². The third kappa shape index (κ3) is 3.01. The van der Waals surface area contributed by atoms with Crippen LogP contribution < -0.4 is 10.2 Å². The smallest absolute Gasteiger partial charge is 0.226 e. The number of likely N-dealkylation sites (N-methyl/N-ethyl adjacent to an activating group) is 2. The standard InChI is InChI=1S/C16H21N5O/c1-17-15(22)11-14-12-5-3-4-6-13(12)18-16(19-14)21-9-7-20(2)8-10-21/h3-6H,7-11H2,1-2H3,(H,17,22). The minimum atomic E-state index is -0.0341. The minimum absolute atomic E-state index is 0.0341. The summed E-state index contributed by atoms with van der Waals surface area (Å²) >= 11 is 0. The first-order valence-corrected chi connectivity index (χ1v) is 7.57. The van der Waals surface area contributed by atoms with Crippen LogP contribution >= 0.6 is 0 Å². The Hall–Kier alpha value is -2.21. The molecule has 2 aromatic rings. The SMILES string of the molecule is CNC(=O)Cc1nc(N2CCN(C)CC2)nc2ccccc12. The summed E-state index contributed by atoms with van der Waals surface area (Å²) in [6.45, 7) is 3.82. The number of aromatic nitrogens is 2. The Morgan fingerprint density at radius 3 is 2.64 bits per heavy atom. The molecule has 6 nitrogen and oxygen atoms in total. The summed E-state index contributed by atoms with van der Waals surface area (Å²) in [6, 6.07) is 7.87. The van der Waals surface area contributed by atoms with Gasteiger partial charge in [-0.2, -0.15) is 0 Å². The van der Waals surface area contributed by atoms with Crippen molar-refractivity contribution < 1.29 is 4.79 Å². The molecule has 1 amide bonds. The van der Waals surface area contributed by atoms with Crippen molar-refractivity contribution in [3.05, 3.63) is 30.0 Å². The van der Waals surface area contributed by atoms with E-state index in [0.29, 0.717) is 0 Å². The van der Waals surface area contributed by atoms with Crippen LogP contribution in [0.4, 0.5) is 5.95 Å². The molecule has 0 aliphatic carbocycles. The summed E-state index contributed by atoms with van der Waals surface area (Å²) in [4.78, 5) is 25.6. The van der Waals surface area contributed by atoms with Crippen molar-refractivity contribution in [3.8, 4) is 0 Å². The second-order valence-electron chi connectivity index (χ2n) is 5.63. The average molecular weight is 299 g/mol. The van der Waals surface area contributed by atoms with Crippen LogP contribution in [0.2, 0.25) is 0 Å². The van der Waals surface area contributed by atoms with E-state index in [9.17, 15) is 4.79 Å². The van der Waals surface area contributed by atoms with E-state index in [0.717, 1.165) is 48.7 Å². The lowest BCUT2D eigenvalue weighted by atomic mass is 10.1. The topological polar surface area (TPSA) is 61.4 Å². The number of rotatable bonds is 3. The monoisotopic (exact) mass is 299 g/mol. The summed E-state index contributed by atoms with van der Waals surface area (Å²) in [7, 11) is 3.77. The van der Waals surface area contributed by atoms with Gasteiger partial charge in [0.2, 0.25) is 11.9 Å². The van der Waals surface area contributed by atoms with Crippen LogP contribution in [0, 0.1) is 0 Å². The van der Waals surface area contributed by atoms with E-state index in [1.165, 1.54) is 0 Å². The Morgan fingerprint density at radius 1 is 1.18 bits per heavy atom. The Kier molecular flexibility index (Phi) is 4.20. The van der Waals surface area contributed by atoms with Crippen LogP contribution in [-0.2, 0) is 11.2 Å². The largest absolute Gasteiger partial charge is 0.359 e. The number of carbonyl (C=O) groups excluding carboxylic acids is 1. The minimum Gasteiger partial charge on any atom is -0.359 e. The molecule has 1 aromatic carbocycles. The number of hydrogen-bond acceptors (Lipinski definition) is 5. The van der Waals surface area contributed by atoms with Gasteiger partial charge in [0.1, 0.15) is 0 Å². The van der Waals surface area contributed by atoms with Gasteiger partial charge < -0.3 is 15.1 Å². The Morgan fingerprint density at radius 2 is 1.91 bits per heavy atom. The molecule has 116 valence electrons. The van der Waals surface area contributed by atoms with Gasteiger partial charge in [0.15, 0.2) is 0 Å². The fourth-order valence-electron chi connectivity index (χ4n) is 2.65. The highest BCUT2D eigenvalue weighted by Gasteiger charge is 2.19.